The predicted molar refractivity (Wildman–Crippen MR) is 72.7 cm³/mol. The van der Waals surface area contributed by atoms with Crippen LogP contribution in [0, 0.1) is 5.82 Å². The topological polar surface area (TPSA) is 12.0 Å². The quantitative estimate of drug-likeness (QED) is 0.889. The Balaban J connectivity index is 1.90. The summed E-state index contributed by atoms with van der Waals surface area (Å²) < 4.78 is 14.4. The summed E-state index contributed by atoms with van der Waals surface area (Å²) in [4.78, 5) is 0. The van der Waals surface area contributed by atoms with Crippen LogP contribution < -0.4 is 5.32 Å². The zero-order valence-electron chi connectivity index (χ0n) is 9.29. The highest BCUT2D eigenvalue weighted by molar-refractivity contribution is 9.10. The molecule has 1 N–H and O–H groups in total. The van der Waals surface area contributed by atoms with Crippen LogP contribution in [0.3, 0.4) is 0 Å². The van der Waals surface area contributed by atoms with Gasteiger partial charge in [0.2, 0.25) is 0 Å². The third kappa shape index (κ3) is 3.56. The van der Waals surface area contributed by atoms with Gasteiger partial charge in [-0.15, -0.1) is 0 Å². The minimum absolute atomic E-state index is 0.207. The van der Waals surface area contributed by atoms with E-state index in [4.69, 9.17) is 0 Å². The van der Waals surface area contributed by atoms with Crippen molar-refractivity contribution in [3.8, 4) is 0 Å². The van der Waals surface area contributed by atoms with Crippen molar-refractivity contribution in [1.82, 2.24) is 0 Å². The molecule has 0 aliphatic carbocycles. The zero-order chi connectivity index (χ0) is 12.1. The van der Waals surface area contributed by atoms with Crippen molar-refractivity contribution in [2.45, 2.75) is 6.42 Å². The molecule has 1 nitrogen and oxygen atoms in total. The maximum Gasteiger partial charge on any atom is 0.146 e. The van der Waals surface area contributed by atoms with Crippen LogP contribution in [0.5, 0.6) is 0 Å². The molecule has 0 amide bonds. The molecule has 0 unspecified atom stereocenters. The minimum Gasteiger partial charge on any atom is -0.382 e. The molecule has 0 saturated carbocycles. The number of hydrogen-bond donors (Lipinski definition) is 1. The van der Waals surface area contributed by atoms with Crippen molar-refractivity contribution < 1.29 is 4.39 Å². The van der Waals surface area contributed by atoms with Crippen molar-refractivity contribution in [1.29, 1.82) is 0 Å². The zero-order valence-corrected chi connectivity index (χ0v) is 10.9. The third-order valence-electron chi connectivity index (χ3n) is 2.49. The Morgan fingerprint density at radius 1 is 1.06 bits per heavy atom. The van der Waals surface area contributed by atoms with Gasteiger partial charge in [0, 0.05) is 11.0 Å². The van der Waals surface area contributed by atoms with Crippen molar-refractivity contribution in [3.63, 3.8) is 0 Å². The van der Waals surface area contributed by atoms with E-state index in [1.807, 2.05) is 18.2 Å². The van der Waals surface area contributed by atoms with Gasteiger partial charge in [0.1, 0.15) is 5.82 Å². The molecule has 0 aliphatic rings. The van der Waals surface area contributed by atoms with Gasteiger partial charge in [-0.2, -0.15) is 0 Å². The fourth-order valence-corrected chi connectivity index (χ4v) is 2.09. The first-order valence-corrected chi connectivity index (χ1v) is 6.28. The van der Waals surface area contributed by atoms with E-state index >= 15 is 0 Å². The van der Waals surface area contributed by atoms with Crippen LogP contribution in [-0.2, 0) is 6.42 Å². The molecule has 0 aromatic heterocycles. The molecular formula is C14H13BrFN. The van der Waals surface area contributed by atoms with Crippen LogP contribution in [0.1, 0.15) is 5.56 Å². The number of anilines is 1. The maximum absolute atomic E-state index is 13.3. The summed E-state index contributed by atoms with van der Waals surface area (Å²) >= 11 is 3.43. The molecule has 17 heavy (non-hydrogen) atoms. The summed E-state index contributed by atoms with van der Waals surface area (Å²) in [5.74, 6) is -0.207. The molecule has 0 saturated heterocycles. The molecule has 0 radical (unpaired) electrons. The van der Waals surface area contributed by atoms with E-state index in [0.29, 0.717) is 5.69 Å². The Hall–Kier alpha value is -1.35. The minimum atomic E-state index is -0.207. The first-order valence-electron chi connectivity index (χ1n) is 5.48. The van der Waals surface area contributed by atoms with Gasteiger partial charge < -0.3 is 5.32 Å². The van der Waals surface area contributed by atoms with E-state index in [-0.39, 0.29) is 5.82 Å². The Morgan fingerprint density at radius 3 is 2.65 bits per heavy atom. The van der Waals surface area contributed by atoms with Gasteiger partial charge in [0.25, 0.3) is 0 Å². The highest BCUT2D eigenvalue weighted by atomic mass is 79.9. The van der Waals surface area contributed by atoms with E-state index in [1.54, 1.807) is 12.1 Å². The second-order valence-electron chi connectivity index (χ2n) is 3.79. The van der Waals surface area contributed by atoms with E-state index in [1.165, 1.54) is 11.6 Å². The molecule has 0 heterocycles. The van der Waals surface area contributed by atoms with Gasteiger partial charge in [-0.25, -0.2) is 4.39 Å². The molecular weight excluding hydrogens is 281 g/mol. The van der Waals surface area contributed by atoms with E-state index < -0.39 is 0 Å². The standard InChI is InChI=1S/C14H13BrFN/c15-12-5-3-4-11(10-12)8-9-17-14-7-2-1-6-13(14)16/h1-7,10,17H,8-9H2. The monoisotopic (exact) mass is 293 g/mol. The van der Waals surface area contributed by atoms with Crippen LogP contribution in [0.25, 0.3) is 0 Å². The van der Waals surface area contributed by atoms with E-state index in [0.717, 1.165) is 17.4 Å². The summed E-state index contributed by atoms with van der Waals surface area (Å²) in [5, 5.41) is 3.09. The summed E-state index contributed by atoms with van der Waals surface area (Å²) in [5.41, 5.74) is 1.78. The molecule has 0 fully saturated rings. The van der Waals surface area contributed by atoms with Gasteiger partial charge in [-0.3, -0.25) is 0 Å². The third-order valence-corrected chi connectivity index (χ3v) is 2.99. The lowest BCUT2D eigenvalue weighted by Crippen LogP contribution is -2.06. The van der Waals surface area contributed by atoms with Crippen molar-refractivity contribution >= 4 is 21.6 Å². The van der Waals surface area contributed by atoms with Gasteiger partial charge in [0.05, 0.1) is 5.69 Å². The molecule has 2 rings (SSSR count). The summed E-state index contributed by atoms with van der Waals surface area (Å²) in [6.45, 7) is 0.720. The maximum atomic E-state index is 13.3. The fourth-order valence-electron chi connectivity index (χ4n) is 1.64. The lowest BCUT2D eigenvalue weighted by Gasteiger charge is -2.07. The number of benzene rings is 2. The molecule has 88 valence electrons. The fraction of sp³-hybridized carbons (Fsp3) is 0.143. The molecule has 3 heteroatoms. The van der Waals surface area contributed by atoms with Crippen molar-refractivity contribution in [2.75, 3.05) is 11.9 Å². The number of hydrogen-bond acceptors (Lipinski definition) is 1. The van der Waals surface area contributed by atoms with Gasteiger partial charge in [-0.1, -0.05) is 40.2 Å². The smallest absolute Gasteiger partial charge is 0.146 e. The molecule has 0 aliphatic heterocycles. The Morgan fingerprint density at radius 2 is 1.88 bits per heavy atom. The van der Waals surface area contributed by atoms with Crippen LogP contribution in [0.2, 0.25) is 0 Å². The first kappa shape index (κ1) is 12.1. The summed E-state index contributed by atoms with van der Waals surface area (Å²) in [6.07, 6.45) is 0.869. The Bertz CT molecular complexity index is 499. The van der Waals surface area contributed by atoms with Crippen LogP contribution in [0.4, 0.5) is 10.1 Å². The highest BCUT2D eigenvalue weighted by Gasteiger charge is 1.99. The molecule has 0 spiro atoms. The van der Waals surface area contributed by atoms with E-state index in [9.17, 15) is 4.39 Å². The highest BCUT2D eigenvalue weighted by Crippen LogP contribution is 2.14. The lowest BCUT2D eigenvalue weighted by molar-refractivity contribution is 0.630. The second-order valence-corrected chi connectivity index (χ2v) is 4.70. The average molecular weight is 294 g/mol. The summed E-state index contributed by atoms with van der Waals surface area (Å²) in [7, 11) is 0. The van der Waals surface area contributed by atoms with Crippen LogP contribution >= 0.6 is 15.9 Å². The number of rotatable bonds is 4. The second kappa shape index (κ2) is 5.82. The van der Waals surface area contributed by atoms with Gasteiger partial charge in [0.15, 0.2) is 0 Å². The first-order chi connectivity index (χ1) is 8.25. The normalized spacial score (nSPS) is 10.2. The number of nitrogens with one attached hydrogen (secondary N) is 1. The van der Waals surface area contributed by atoms with Crippen molar-refractivity contribution in [3.05, 3.63) is 64.4 Å². The molecule has 0 atom stereocenters. The van der Waals surface area contributed by atoms with Crippen molar-refractivity contribution in [2.24, 2.45) is 0 Å². The SMILES string of the molecule is Fc1ccccc1NCCc1cccc(Br)c1. The van der Waals surface area contributed by atoms with Crippen LogP contribution in [0.15, 0.2) is 53.0 Å². The van der Waals surface area contributed by atoms with E-state index in [2.05, 4.69) is 33.4 Å². The Kier molecular flexibility index (Phi) is 4.15. The predicted octanol–water partition coefficient (Wildman–Crippen LogP) is 4.24. The number of para-hydroxylation sites is 1. The summed E-state index contributed by atoms with van der Waals surface area (Å²) in [6, 6.07) is 14.9. The lowest BCUT2D eigenvalue weighted by atomic mass is 10.1. The number of halogens is 2. The average Bonchev–Trinajstić information content (AvgIpc) is 2.32. The van der Waals surface area contributed by atoms with Crippen LogP contribution in [-0.4, -0.2) is 6.54 Å². The molecule has 2 aromatic carbocycles. The van der Waals surface area contributed by atoms with Gasteiger partial charge in [-0.05, 0) is 36.2 Å². The largest absolute Gasteiger partial charge is 0.382 e. The molecule has 2 aromatic rings. The Labute approximate surface area is 109 Å². The van der Waals surface area contributed by atoms with Gasteiger partial charge >= 0.3 is 0 Å². The molecule has 0 bridgehead atoms.